The maximum atomic E-state index is 9.57. The molecular formula is C20H19N7O. The number of hydrogen-bond donors (Lipinski definition) is 1. The molecule has 28 heavy (non-hydrogen) atoms. The molecule has 1 N–H and O–H groups in total. The minimum Gasteiger partial charge on any atom is -0.493 e. The Morgan fingerprint density at radius 1 is 1.18 bits per heavy atom. The smallest absolute Gasteiger partial charge is 0.199 e. The highest BCUT2D eigenvalue weighted by Crippen LogP contribution is 2.40. The van der Waals surface area contributed by atoms with Crippen molar-refractivity contribution in [3.8, 4) is 22.9 Å². The summed E-state index contributed by atoms with van der Waals surface area (Å²) in [4.78, 5) is 0. The highest BCUT2D eigenvalue weighted by Gasteiger charge is 2.40. The van der Waals surface area contributed by atoms with Crippen LogP contribution in [-0.2, 0) is 0 Å². The second kappa shape index (κ2) is 7.48. The van der Waals surface area contributed by atoms with Crippen LogP contribution in [0.5, 0.6) is 5.75 Å². The number of aromatic nitrogens is 4. The van der Waals surface area contributed by atoms with E-state index >= 15 is 0 Å². The second-order valence-electron chi connectivity index (χ2n) is 6.41. The van der Waals surface area contributed by atoms with E-state index in [0.29, 0.717) is 18.1 Å². The fourth-order valence-corrected chi connectivity index (χ4v) is 3.56. The van der Waals surface area contributed by atoms with Crippen molar-refractivity contribution < 1.29 is 4.74 Å². The molecule has 3 aromatic rings. The van der Waals surface area contributed by atoms with Crippen LogP contribution in [0.1, 0.15) is 30.3 Å². The lowest BCUT2D eigenvalue weighted by atomic mass is 9.87. The van der Waals surface area contributed by atoms with Gasteiger partial charge in [0, 0.05) is 12.6 Å². The summed E-state index contributed by atoms with van der Waals surface area (Å²) in [5.74, 6) is 1.10. The molecule has 0 bridgehead atoms. The number of nitriles is 1. The molecule has 0 saturated heterocycles. The Morgan fingerprint density at radius 3 is 2.64 bits per heavy atom. The summed E-state index contributed by atoms with van der Waals surface area (Å²) in [6.45, 7) is 2.58. The van der Waals surface area contributed by atoms with Crippen LogP contribution in [0.15, 0.2) is 53.6 Å². The van der Waals surface area contributed by atoms with Gasteiger partial charge in [-0.25, -0.2) is 0 Å². The molecule has 1 aromatic heterocycles. The van der Waals surface area contributed by atoms with Gasteiger partial charge in [-0.2, -0.15) is 15.6 Å². The molecule has 2 atom stereocenters. The summed E-state index contributed by atoms with van der Waals surface area (Å²) in [6, 6.07) is 18.0. The van der Waals surface area contributed by atoms with Crippen molar-refractivity contribution in [2.75, 3.05) is 13.7 Å². The van der Waals surface area contributed by atoms with Gasteiger partial charge >= 0.3 is 0 Å². The van der Waals surface area contributed by atoms with Crippen molar-refractivity contribution in [2.45, 2.75) is 18.9 Å². The first-order valence-electron chi connectivity index (χ1n) is 9.00. The Kier molecular flexibility index (Phi) is 4.72. The number of ether oxygens (including phenoxy) is 1. The molecule has 0 aliphatic carbocycles. The van der Waals surface area contributed by atoms with E-state index in [9.17, 15) is 5.26 Å². The molecule has 0 amide bonds. The second-order valence-corrected chi connectivity index (χ2v) is 6.41. The molecule has 0 spiro atoms. The van der Waals surface area contributed by atoms with Crippen molar-refractivity contribution in [3.05, 3.63) is 59.9 Å². The van der Waals surface area contributed by atoms with Crippen molar-refractivity contribution in [1.82, 2.24) is 25.6 Å². The molecule has 2 aromatic carbocycles. The summed E-state index contributed by atoms with van der Waals surface area (Å²) < 4.78 is 5.74. The van der Waals surface area contributed by atoms with Crippen molar-refractivity contribution in [1.29, 1.82) is 5.26 Å². The third-order valence-corrected chi connectivity index (χ3v) is 4.79. The predicted octanol–water partition coefficient (Wildman–Crippen LogP) is 2.92. The van der Waals surface area contributed by atoms with Gasteiger partial charge in [-0.05, 0) is 24.1 Å². The quantitative estimate of drug-likeness (QED) is 0.737. The number of aromatic amines is 1. The number of likely N-dealkylation sites (N-methyl/N-ethyl adjacent to an activating group) is 1. The fraction of sp³-hybridized carbons (Fsp3) is 0.250. The lowest BCUT2D eigenvalue weighted by Gasteiger charge is -2.22. The topological polar surface area (TPSA) is 103 Å². The van der Waals surface area contributed by atoms with Crippen LogP contribution in [0.4, 0.5) is 0 Å². The molecule has 4 rings (SSSR count). The Balaban J connectivity index is 1.70. The van der Waals surface area contributed by atoms with Gasteiger partial charge in [0.15, 0.2) is 5.82 Å². The third kappa shape index (κ3) is 3.07. The summed E-state index contributed by atoms with van der Waals surface area (Å²) in [5.41, 5.74) is 3.48. The molecule has 8 nitrogen and oxygen atoms in total. The Morgan fingerprint density at radius 2 is 1.96 bits per heavy atom. The van der Waals surface area contributed by atoms with Gasteiger partial charge in [0.05, 0.1) is 12.5 Å². The van der Waals surface area contributed by atoms with Gasteiger partial charge in [0.2, 0.25) is 0 Å². The van der Waals surface area contributed by atoms with E-state index < -0.39 is 0 Å². The van der Waals surface area contributed by atoms with E-state index in [1.807, 2.05) is 62.5 Å². The van der Waals surface area contributed by atoms with Crippen LogP contribution in [0.25, 0.3) is 11.1 Å². The predicted molar refractivity (Wildman–Crippen MR) is 104 cm³/mol. The lowest BCUT2D eigenvalue weighted by Crippen LogP contribution is -2.22. The van der Waals surface area contributed by atoms with E-state index in [0.717, 1.165) is 22.4 Å². The standard InChI is InChI=1S/C20H19N7O/c1-3-28-17-7-5-4-6-15(17)13-8-10-14(11-9-13)18-16(12-21)24-27(2)19(18)20-22-25-26-23-20/h4-11,18-19H,3H2,1-2H3,(H,22,23,25,26). The van der Waals surface area contributed by atoms with Crippen LogP contribution >= 0.6 is 0 Å². The molecule has 0 saturated carbocycles. The van der Waals surface area contributed by atoms with Crippen LogP contribution in [0.3, 0.4) is 0 Å². The number of tetrazole rings is 1. The summed E-state index contributed by atoms with van der Waals surface area (Å²) in [5, 5.41) is 30.0. The number of para-hydroxylation sites is 1. The molecule has 2 unspecified atom stereocenters. The lowest BCUT2D eigenvalue weighted by molar-refractivity contribution is 0.264. The summed E-state index contributed by atoms with van der Waals surface area (Å²) in [6.07, 6.45) is 0. The van der Waals surface area contributed by atoms with E-state index in [1.165, 1.54) is 0 Å². The number of hydrogen-bond acceptors (Lipinski definition) is 7. The first-order valence-corrected chi connectivity index (χ1v) is 9.00. The Labute approximate surface area is 162 Å². The Bertz CT molecular complexity index is 1020. The molecule has 0 radical (unpaired) electrons. The van der Waals surface area contributed by atoms with Crippen LogP contribution < -0.4 is 4.74 Å². The summed E-state index contributed by atoms with van der Waals surface area (Å²) in [7, 11) is 1.81. The molecular weight excluding hydrogens is 354 g/mol. The zero-order valence-corrected chi connectivity index (χ0v) is 15.6. The normalized spacial score (nSPS) is 18.6. The maximum Gasteiger partial charge on any atom is 0.199 e. The number of nitrogens with one attached hydrogen (secondary N) is 1. The minimum atomic E-state index is -0.282. The average Bonchev–Trinajstić information content (AvgIpc) is 3.36. The van der Waals surface area contributed by atoms with Crippen molar-refractivity contribution >= 4 is 5.71 Å². The largest absolute Gasteiger partial charge is 0.493 e. The van der Waals surface area contributed by atoms with E-state index in [4.69, 9.17) is 4.74 Å². The molecule has 8 heteroatoms. The molecule has 140 valence electrons. The first-order chi connectivity index (χ1) is 13.7. The zero-order valence-electron chi connectivity index (χ0n) is 15.6. The number of nitrogens with zero attached hydrogens (tertiary/aromatic N) is 6. The molecule has 1 aliphatic rings. The fourth-order valence-electron chi connectivity index (χ4n) is 3.56. The van der Waals surface area contributed by atoms with Gasteiger partial charge in [-0.1, -0.05) is 47.7 Å². The van der Waals surface area contributed by atoms with E-state index in [2.05, 4.69) is 31.8 Å². The molecule has 2 heterocycles. The number of benzene rings is 2. The van der Waals surface area contributed by atoms with Crippen LogP contribution in [0.2, 0.25) is 0 Å². The van der Waals surface area contributed by atoms with Gasteiger partial charge in [0.25, 0.3) is 0 Å². The number of rotatable bonds is 5. The highest BCUT2D eigenvalue weighted by molar-refractivity contribution is 6.05. The van der Waals surface area contributed by atoms with Gasteiger partial charge in [-0.15, -0.1) is 10.2 Å². The molecule has 0 fully saturated rings. The SMILES string of the molecule is CCOc1ccccc1-c1ccc(C2C(C#N)=NN(C)C2c2nn[nH]n2)cc1. The monoisotopic (exact) mass is 373 g/mol. The van der Waals surface area contributed by atoms with Crippen molar-refractivity contribution in [3.63, 3.8) is 0 Å². The van der Waals surface area contributed by atoms with E-state index in [-0.39, 0.29) is 12.0 Å². The number of hydrazone groups is 1. The first kappa shape index (κ1) is 17.7. The average molecular weight is 373 g/mol. The summed E-state index contributed by atoms with van der Waals surface area (Å²) >= 11 is 0. The zero-order chi connectivity index (χ0) is 19.5. The van der Waals surface area contributed by atoms with Gasteiger partial charge in [0.1, 0.15) is 23.6 Å². The van der Waals surface area contributed by atoms with Crippen LogP contribution in [0, 0.1) is 11.3 Å². The number of H-pyrrole nitrogens is 1. The molecule has 1 aliphatic heterocycles. The third-order valence-electron chi connectivity index (χ3n) is 4.79. The highest BCUT2D eigenvalue weighted by atomic mass is 16.5. The maximum absolute atomic E-state index is 9.57. The van der Waals surface area contributed by atoms with Crippen LogP contribution in [-0.4, -0.2) is 45.0 Å². The van der Waals surface area contributed by atoms with Crippen molar-refractivity contribution in [2.24, 2.45) is 5.10 Å². The minimum absolute atomic E-state index is 0.260. The van der Waals surface area contributed by atoms with Gasteiger partial charge < -0.3 is 4.74 Å². The van der Waals surface area contributed by atoms with Gasteiger partial charge in [-0.3, -0.25) is 5.01 Å². The van der Waals surface area contributed by atoms with E-state index in [1.54, 1.807) is 5.01 Å². The Hall–Kier alpha value is -3.73.